The fraction of sp³-hybridized carbons (Fsp3) is 0.350. The minimum Gasteiger partial charge on any atom is -0.387 e. The predicted molar refractivity (Wildman–Crippen MR) is 111 cm³/mol. The van der Waals surface area contributed by atoms with E-state index in [4.69, 9.17) is 28.2 Å². The van der Waals surface area contributed by atoms with Gasteiger partial charge in [0.05, 0.1) is 24.0 Å². The van der Waals surface area contributed by atoms with E-state index in [2.05, 4.69) is 32.8 Å². The molecule has 2 unspecified atom stereocenters. The number of aliphatic hydroxyl groups excluding tert-OH is 1. The van der Waals surface area contributed by atoms with Gasteiger partial charge < -0.3 is 14.9 Å². The number of hydrogen-bond donors (Lipinski definition) is 1. The number of fused-ring (bicyclic) bond motifs is 1. The molecule has 8 heteroatoms. The molecule has 1 saturated heterocycles. The maximum atomic E-state index is 10.8. The summed E-state index contributed by atoms with van der Waals surface area (Å²) < 4.78 is 0. The third-order valence-corrected chi connectivity index (χ3v) is 5.53. The molecule has 1 fully saturated rings. The van der Waals surface area contributed by atoms with E-state index >= 15 is 0 Å². The van der Waals surface area contributed by atoms with Crippen molar-refractivity contribution in [1.29, 1.82) is 0 Å². The van der Waals surface area contributed by atoms with Crippen molar-refractivity contribution in [1.82, 2.24) is 19.8 Å². The minimum absolute atomic E-state index is 0.254. The Balaban J connectivity index is 1.61. The Kier molecular flexibility index (Phi) is 5.53. The van der Waals surface area contributed by atoms with Crippen molar-refractivity contribution in [2.24, 2.45) is 4.99 Å². The Morgan fingerprint density at radius 1 is 1.25 bits per heavy atom. The van der Waals surface area contributed by atoms with E-state index in [1.54, 1.807) is 24.4 Å². The van der Waals surface area contributed by atoms with Crippen LogP contribution in [0.3, 0.4) is 0 Å². The average molecular weight is 418 g/mol. The van der Waals surface area contributed by atoms with Crippen molar-refractivity contribution in [2.45, 2.75) is 25.5 Å². The molecular formula is C20H21Cl2N5O. The average Bonchev–Trinajstić information content (AvgIpc) is 2.69. The summed E-state index contributed by atoms with van der Waals surface area (Å²) in [6.07, 6.45) is 5.58. The van der Waals surface area contributed by atoms with E-state index in [-0.39, 0.29) is 6.04 Å². The van der Waals surface area contributed by atoms with Gasteiger partial charge in [-0.2, -0.15) is 0 Å². The normalized spacial score (nSPS) is 20.4. The first kappa shape index (κ1) is 19.2. The van der Waals surface area contributed by atoms with Crippen molar-refractivity contribution in [3.63, 3.8) is 0 Å². The summed E-state index contributed by atoms with van der Waals surface area (Å²) >= 11 is 12.2. The first-order chi connectivity index (χ1) is 13.5. The molecule has 0 radical (unpaired) electrons. The molecule has 0 bridgehead atoms. The van der Waals surface area contributed by atoms with Gasteiger partial charge >= 0.3 is 0 Å². The SMILES string of the molecule is CC1CCN2CC=C(c3ccncn3)N=C2N1CC(O)c1cc(Cl)cc(Cl)c1. The van der Waals surface area contributed by atoms with Crippen LogP contribution in [0.1, 0.15) is 30.7 Å². The molecular weight excluding hydrogens is 397 g/mol. The standard InChI is InChI=1S/C20H21Cl2N5O/c1-13-3-6-26-7-4-18(17-2-5-23-12-24-17)25-20(26)27(13)11-19(28)14-8-15(21)10-16(22)9-14/h2,4-5,8-10,12-13,19,28H,3,6-7,11H2,1H3. The highest BCUT2D eigenvalue weighted by Crippen LogP contribution is 2.28. The topological polar surface area (TPSA) is 64.9 Å². The lowest BCUT2D eigenvalue weighted by Gasteiger charge is -2.45. The number of halogens is 2. The van der Waals surface area contributed by atoms with Gasteiger partial charge in [0, 0.05) is 35.4 Å². The molecule has 2 aromatic rings. The zero-order chi connectivity index (χ0) is 19.7. The summed E-state index contributed by atoms with van der Waals surface area (Å²) in [7, 11) is 0. The zero-order valence-electron chi connectivity index (χ0n) is 15.5. The predicted octanol–water partition coefficient (Wildman–Crippen LogP) is 3.62. The second-order valence-corrected chi connectivity index (χ2v) is 7.92. The molecule has 146 valence electrons. The Hall–Kier alpha value is -2.15. The van der Waals surface area contributed by atoms with Crippen LogP contribution in [0.25, 0.3) is 5.70 Å². The molecule has 0 spiro atoms. The monoisotopic (exact) mass is 417 g/mol. The Labute approximate surface area is 174 Å². The van der Waals surface area contributed by atoms with Crippen molar-refractivity contribution < 1.29 is 5.11 Å². The van der Waals surface area contributed by atoms with Crippen LogP contribution in [0.5, 0.6) is 0 Å². The number of hydrogen-bond acceptors (Lipinski definition) is 6. The number of guanidine groups is 1. The van der Waals surface area contributed by atoms with Crippen LogP contribution in [-0.4, -0.2) is 56.5 Å². The number of rotatable bonds is 4. The van der Waals surface area contributed by atoms with E-state index in [0.29, 0.717) is 22.2 Å². The number of nitrogens with zero attached hydrogens (tertiary/aromatic N) is 5. The zero-order valence-corrected chi connectivity index (χ0v) is 17.0. The summed E-state index contributed by atoms with van der Waals surface area (Å²) in [4.78, 5) is 17.5. The van der Waals surface area contributed by atoms with Crippen LogP contribution in [-0.2, 0) is 0 Å². The van der Waals surface area contributed by atoms with Gasteiger partial charge in [-0.1, -0.05) is 23.2 Å². The number of β-amino-alcohol motifs (C(OH)–C–C–N with tert-alkyl or cyclic N) is 1. The van der Waals surface area contributed by atoms with Gasteiger partial charge in [0.15, 0.2) is 0 Å². The first-order valence-corrected chi connectivity index (χ1v) is 9.98. The van der Waals surface area contributed by atoms with E-state index in [1.807, 2.05) is 6.07 Å². The van der Waals surface area contributed by atoms with E-state index in [9.17, 15) is 5.11 Å². The molecule has 0 amide bonds. The van der Waals surface area contributed by atoms with Crippen molar-refractivity contribution in [2.75, 3.05) is 19.6 Å². The number of aliphatic hydroxyl groups is 1. The highest BCUT2D eigenvalue weighted by molar-refractivity contribution is 6.34. The van der Waals surface area contributed by atoms with E-state index in [1.165, 1.54) is 6.33 Å². The van der Waals surface area contributed by atoms with Crippen LogP contribution in [0, 0.1) is 0 Å². The number of aromatic nitrogens is 2. The smallest absolute Gasteiger partial charge is 0.202 e. The summed E-state index contributed by atoms with van der Waals surface area (Å²) in [5.74, 6) is 0.863. The van der Waals surface area contributed by atoms with Crippen molar-refractivity contribution >= 4 is 34.9 Å². The highest BCUT2D eigenvalue weighted by Gasteiger charge is 2.32. The molecule has 2 atom stereocenters. The molecule has 28 heavy (non-hydrogen) atoms. The minimum atomic E-state index is -0.727. The lowest BCUT2D eigenvalue weighted by atomic mass is 10.1. The summed E-state index contributed by atoms with van der Waals surface area (Å²) in [6, 6.07) is 7.27. The maximum absolute atomic E-state index is 10.8. The Bertz CT molecular complexity index is 898. The molecule has 1 N–H and O–H groups in total. The molecule has 4 rings (SSSR count). The third kappa shape index (κ3) is 3.99. The first-order valence-electron chi connectivity index (χ1n) is 9.22. The largest absolute Gasteiger partial charge is 0.387 e. The van der Waals surface area contributed by atoms with Gasteiger partial charge in [-0.15, -0.1) is 0 Å². The number of benzene rings is 1. The molecule has 1 aromatic carbocycles. The van der Waals surface area contributed by atoms with Crippen LogP contribution in [0.15, 0.2) is 47.9 Å². The molecule has 6 nitrogen and oxygen atoms in total. The fourth-order valence-corrected chi connectivity index (χ4v) is 4.10. The van der Waals surface area contributed by atoms with Crippen LogP contribution in [0.2, 0.25) is 10.0 Å². The van der Waals surface area contributed by atoms with Crippen LogP contribution in [0.4, 0.5) is 0 Å². The van der Waals surface area contributed by atoms with Gasteiger partial charge in [0.1, 0.15) is 6.33 Å². The molecule has 1 aromatic heterocycles. The van der Waals surface area contributed by atoms with Gasteiger partial charge in [-0.25, -0.2) is 15.0 Å². The summed E-state index contributed by atoms with van der Waals surface area (Å²) in [6.45, 7) is 4.26. The molecule has 0 saturated carbocycles. The number of aliphatic imine (C=N–C) groups is 1. The van der Waals surface area contributed by atoms with E-state index in [0.717, 1.165) is 36.9 Å². The summed E-state index contributed by atoms with van der Waals surface area (Å²) in [5, 5.41) is 11.9. The third-order valence-electron chi connectivity index (χ3n) is 5.10. The van der Waals surface area contributed by atoms with Crippen molar-refractivity contribution in [3.05, 3.63) is 64.2 Å². The van der Waals surface area contributed by atoms with Gasteiger partial charge in [0.25, 0.3) is 0 Å². The lowest BCUT2D eigenvalue weighted by Crippen LogP contribution is -2.56. The second kappa shape index (κ2) is 8.07. The molecule has 0 aliphatic carbocycles. The molecule has 2 aliphatic heterocycles. The second-order valence-electron chi connectivity index (χ2n) is 7.05. The van der Waals surface area contributed by atoms with Crippen LogP contribution < -0.4 is 0 Å². The highest BCUT2D eigenvalue weighted by atomic mass is 35.5. The van der Waals surface area contributed by atoms with E-state index < -0.39 is 6.10 Å². The summed E-state index contributed by atoms with van der Waals surface area (Å²) in [5.41, 5.74) is 2.32. The van der Waals surface area contributed by atoms with Gasteiger partial charge in [0.2, 0.25) is 5.96 Å². The fourth-order valence-electron chi connectivity index (χ4n) is 3.56. The Morgan fingerprint density at radius 3 is 2.75 bits per heavy atom. The molecule has 2 aliphatic rings. The lowest BCUT2D eigenvalue weighted by molar-refractivity contribution is 0.106. The van der Waals surface area contributed by atoms with Crippen LogP contribution >= 0.6 is 23.2 Å². The quantitative estimate of drug-likeness (QED) is 0.822. The van der Waals surface area contributed by atoms with Gasteiger partial charge in [-0.05, 0) is 49.2 Å². The van der Waals surface area contributed by atoms with Crippen molar-refractivity contribution in [3.8, 4) is 0 Å². The molecule has 3 heterocycles. The van der Waals surface area contributed by atoms with Gasteiger partial charge in [-0.3, -0.25) is 0 Å². The Morgan fingerprint density at radius 2 is 2.04 bits per heavy atom. The maximum Gasteiger partial charge on any atom is 0.202 e.